The van der Waals surface area contributed by atoms with Crippen LogP contribution in [-0.4, -0.2) is 21.1 Å². The van der Waals surface area contributed by atoms with Gasteiger partial charge in [-0.1, -0.05) is 18.2 Å². The highest BCUT2D eigenvalue weighted by molar-refractivity contribution is 5.50. The largest absolute Gasteiger partial charge is 0.399 e. The van der Waals surface area contributed by atoms with Gasteiger partial charge >= 0.3 is 0 Å². The molecule has 5 rings (SSSR count). The second kappa shape index (κ2) is 7.25. The smallest absolute Gasteiger partial charge is 0.0994 e. The Labute approximate surface area is 166 Å². The molecule has 0 amide bonds. The number of aliphatic hydroxyl groups is 1. The number of benzene rings is 1. The van der Waals surface area contributed by atoms with Crippen molar-refractivity contribution in [2.75, 3.05) is 12.3 Å². The molecular weight excluding hydrogens is 346 g/mol. The number of aliphatic hydroxyl groups excluding tert-OH is 1. The highest BCUT2D eigenvalue weighted by Crippen LogP contribution is 2.47. The number of nitrogen functional groups attached to an aromatic ring is 1. The number of fused-ring (bicyclic) bond motifs is 1. The van der Waals surface area contributed by atoms with Crippen molar-refractivity contribution in [2.24, 2.45) is 5.92 Å². The third-order valence-electron chi connectivity index (χ3n) is 6.97. The van der Waals surface area contributed by atoms with Gasteiger partial charge in [0.15, 0.2) is 0 Å². The molecule has 3 N–H and O–H groups in total. The van der Waals surface area contributed by atoms with E-state index in [4.69, 9.17) is 5.73 Å². The summed E-state index contributed by atoms with van der Waals surface area (Å²) in [5, 5.41) is 10.4. The molecule has 2 fully saturated rings. The highest BCUT2D eigenvalue weighted by Gasteiger charge is 2.35. The summed E-state index contributed by atoms with van der Waals surface area (Å²) >= 11 is 0. The van der Waals surface area contributed by atoms with Crippen molar-refractivity contribution in [3.05, 3.63) is 65.7 Å². The molecular formula is C24H29N3O. The summed E-state index contributed by atoms with van der Waals surface area (Å²) < 4.78 is 2.24. The molecule has 4 heteroatoms. The number of hydrogen-bond acceptors (Lipinski definition) is 3. The summed E-state index contributed by atoms with van der Waals surface area (Å²) in [6, 6.07) is 12.9. The van der Waals surface area contributed by atoms with Crippen molar-refractivity contribution in [3.63, 3.8) is 0 Å². The van der Waals surface area contributed by atoms with Gasteiger partial charge < -0.3 is 15.2 Å². The SMILES string of the molecule is Nc1ccc(C2CCC([C@@H](CO)c3c(C4CC4)ccc4cncn34)CC2)cc1. The lowest BCUT2D eigenvalue weighted by molar-refractivity contribution is 0.186. The summed E-state index contributed by atoms with van der Waals surface area (Å²) in [6.07, 6.45) is 11.1. The lowest BCUT2D eigenvalue weighted by Gasteiger charge is -2.34. The number of nitrogens with two attached hydrogens (primary N) is 1. The summed E-state index contributed by atoms with van der Waals surface area (Å²) in [5.74, 6) is 2.01. The molecule has 2 aliphatic rings. The van der Waals surface area contributed by atoms with E-state index in [1.807, 2.05) is 24.7 Å². The van der Waals surface area contributed by atoms with E-state index in [0.29, 0.717) is 17.8 Å². The highest BCUT2D eigenvalue weighted by atomic mass is 16.3. The van der Waals surface area contributed by atoms with Gasteiger partial charge in [-0.05, 0) is 85.6 Å². The zero-order valence-electron chi connectivity index (χ0n) is 16.3. The molecule has 0 aliphatic heterocycles. The molecule has 1 aromatic carbocycles. The zero-order chi connectivity index (χ0) is 19.1. The number of pyridine rings is 1. The van der Waals surface area contributed by atoms with Crippen LogP contribution in [0.1, 0.15) is 73.1 Å². The summed E-state index contributed by atoms with van der Waals surface area (Å²) in [7, 11) is 0. The summed E-state index contributed by atoms with van der Waals surface area (Å²) in [6.45, 7) is 0.216. The Morgan fingerprint density at radius 1 is 0.964 bits per heavy atom. The molecule has 2 heterocycles. The topological polar surface area (TPSA) is 63.5 Å². The minimum Gasteiger partial charge on any atom is -0.399 e. The first-order valence-corrected chi connectivity index (χ1v) is 10.7. The van der Waals surface area contributed by atoms with Gasteiger partial charge in [-0.15, -0.1) is 0 Å². The van der Waals surface area contributed by atoms with Crippen LogP contribution in [0.5, 0.6) is 0 Å². The molecule has 28 heavy (non-hydrogen) atoms. The molecule has 4 nitrogen and oxygen atoms in total. The number of aromatic nitrogens is 2. The monoisotopic (exact) mass is 375 g/mol. The minimum absolute atomic E-state index is 0.195. The molecule has 0 bridgehead atoms. The maximum Gasteiger partial charge on any atom is 0.0994 e. The van der Waals surface area contributed by atoms with Gasteiger partial charge in [0.1, 0.15) is 0 Å². The first kappa shape index (κ1) is 17.7. The molecule has 2 saturated carbocycles. The maximum absolute atomic E-state index is 10.4. The standard InChI is InChI=1S/C24H29N3O/c25-20-9-7-17(8-10-20)16-1-3-19(4-2-16)23(14-28)24-22(18-5-6-18)12-11-21-13-26-15-27(21)24/h7-13,15-16,18-19,23,28H,1-6,14,25H2/t16?,19?,23-/m1/s1. The predicted molar refractivity (Wildman–Crippen MR) is 113 cm³/mol. The first-order valence-electron chi connectivity index (χ1n) is 10.7. The first-order chi connectivity index (χ1) is 13.7. The predicted octanol–water partition coefficient (Wildman–Crippen LogP) is 4.84. The third-order valence-corrected chi connectivity index (χ3v) is 6.97. The zero-order valence-corrected chi connectivity index (χ0v) is 16.3. The van der Waals surface area contributed by atoms with Gasteiger partial charge in [0, 0.05) is 17.3 Å². The van der Waals surface area contributed by atoms with Crippen LogP contribution in [0.25, 0.3) is 5.52 Å². The lowest BCUT2D eigenvalue weighted by Crippen LogP contribution is -2.25. The van der Waals surface area contributed by atoms with E-state index >= 15 is 0 Å². The molecule has 3 aromatic rings. The molecule has 0 radical (unpaired) electrons. The van der Waals surface area contributed by atoms with Crippen LogP contribution in [0.4, 0.5) is 5.69 Å². The van der Waals surface area contributed by atoms with Gasteiger partial charge in [-0.2, -0.15) is 0 Å². The van der Waals surface area contributed by atoms with E-state index in [2.05, 4.69) is 33.7 Å². The van der Waals surface area contributed by atoms with Crippen LogP contribution in [0.3, 0.4) is 0 Å². The Balaban J connectivity index is 1.40. The van der Waals surface area contributed by atoms with E-state index in [1.54, 1.807) is 0 Å². The fourth-order valence-electron chi connectivity index (χ4n) is 5.24. The third kappa shape index (κ3) is 3.20. The molecule has 146 valence electrons. The Hall–Kier alpha value is -2.33. The number of anilines is 1. The quantitative estimate of drug-likeness (QED) is 0.627. The van der Waals surface area contributed by atoms with Crippen LogP contribution >= 0.6 is 0 Å². The molecule has 1 atom stereocenters. The number of rotatable bonds is 5. The van der Waals surface area contributed by atoms with Crippen LogP contribution in [0, 0.1) is 5.92 Å². The van der Waals surface area contributed by atoms with Gasteiger partial charge in [-0.25, -0.2) is 4.98 Å². The van der Waals surface area contributed by atoms with Gasteiger partial charge in [0.05, 0.1) is 24.6 Å². The van der Waals surface area contributed by atoms with Crippen molar-refractivity contribution in [2.45, 2.75) is 56.3 Å². The van der Waals surface area contributed by atoms with Gasteiger partial charge in [0.25, 0.3) is 0 Å². The Morgan fingerprint density at radius 2 is 1.68 bits per heavy atom. The van der Waals surface area contributed by atoms with E-state index in [0.717, 1.165) is 24.0 Å². The van der Waals surface area contributed by atoms with E-state index in [1.165, 1.54) is 42.5 Å². The van der Waals surface area contributed by atoms with Crippen LogP contribution in [-0.2, 0) is 0 Å². The number of imidazole rings is 1. The number of hydrogen-bond donors (Lipinski definition) is 2. The maximum atomic E-state index is 10.4. The van der Waals surface area contributed by atoms with Crippen LogP contribution < -0.4 is 5.73 Å². The van der Waals surface area contributed by atoms with Crippen LogP contribution in [0.15, 0.2) is 48.9 Å². The van der Waals surface area contributed by atoms with Crippen molar-refractivity contribution < 1.29 is 5.11 Å². The van der Waals surface area contributed by atoms with Crippen molar-refractivity contribution in [1.82, 2.24) is 9.38 Å². The van der Waals surface area contributed by atoms with E-state index in [-0.39, 0.29) is 12.5 Å². The van der Waals surface area contributed by atoms with E-state index < -0.39 is 0 Å². The number of nitrogens with zero attached hydrogens (tertiary/aromatic N) is 2. The van der Waals surface area contributed by atoms with Crippen molar-refractivity contribution >= 4 is 11.2 Å². The van der Waals surface area contributed by atoms with Gasteiger partial charge in [-0.3, -0.25) is 0 Å². The average Bonchev–Trinajstić information content (AvgIpc) is 3.46. The van der Waals surface area contributed by atoms with E-state index in [9.17, 15) is 5.11 Å². The Bertz CT molecular complexity index is 950. The van der Waals surface area contributed by atoms with Crippen molar-refractivity contribution in [1.29, 1.82) is 0 Å². The fraction of sp³-hybridized carbons (Fsp3) is 0.458. The normalized spacial score (nSPS) is 23.8. The second-order valence-corrected chi connectivity index (χ2v) is 8.70. The molecule has 2 aromatic heterocycles. The minimum atomic E-state index is 0.195. The lowest BCUT2D eigenvalue weighted by atomic mass is 9.72. The fourth-order valence-corrected chi connectivity index (χ4v) is 5.24. The van der Waals surface area contributed by atoms with Crippen molar-refractivity contribution in [3.8, 4) is 0 Å². The second-order valence-electron chi connectivity index (χ2n) is 8.70. The molecule has 0 unspecified atom stereocenters. The molecule has 0 spiro atoms. The average molecular weight is 376 g/mol. The Morgan fingerprint density at radius 3 is 2.36 bits per heavy atom. The molecule has 0 saturated heterocycles. The van der Waals surface area contributed by atoms with Crippen LogP contribution in [0.2, 0.25) is 0 Å². The van der Waals surface area contributed by atoms with Gasteiger partial charge in [0.2, 0.25) is 0 Å². The Kier molecular flexibility index (Phi) is 4.59. The molecule has 2 aliphatic carbocycles. The summed E-state index contributed by atoms with van der Waals surface area (Å²) in [5.41, 5.74) is 12.0. The summed E-state index contributed by atoms with van der Waals surface area (Å²) in [4.78, 5) is 4.37.